The number of carbonyl (C=O) groups excluding carboxylic acids is 4. The number of urea groups is 4. The van der Waals surface area contributed by atoms with Crippen LogP contribution in [0.4, 0.5) is 41.9 Å². The van der Waals surface area contributed by atoms with E-state index in [1.54, 1.807) is 103 Å². The van der Waals surface area contributed by atoms with Crippen LogP contribution in [0, 0.1) is 17.9 Å². The Morgan fingerprint density at radius 1 is 0.441 bits per heavy atom. The first-order chi connectivity index (χ1) is 68.0. The van der Waals surface area contributed by atoms with Gasteiger partial charge in [-0.2, -0.15) is 64.0 Å². The van der Waals surface area contributed by atoms with E-state index in [1.165, 1.54) is 48.5 Å². The second kappa shape index (κ2) is 42.7. The van der Waals surface area contributed by atoms with Gasteiger partial charge in [-0.25, -0.2) is 64.6 Å². The summed E-state index contributed by atoms with van der Waals surface area (Å²) in [6.07, 6.45) is 26.4. The highest BCUT2D eigenvalue weighted by Crippen LogP contribution is 2.44. The van der Waals surface area contributed by atoms with Crippen molar-refractivity contribution >= 4 is 87.0 Å². The fraction of sp³-hybridized carbons (Fsp3) is 0.374. The zero-order valence-corrected chi connectivity index (χ0v) is 84.9. The molecule has 1 aliphatic heterocycles. The number of rotatable bonds is 28. The van der Waals surface area contributed by atoms with Gasteiger partial charge in [0.15, 0.2) is 20.1 Å². The molecule has 1 saturated carbocycles. The van der Waals surface area contributed by atoms with Gasteiger partial charge in [-0.05, 0) is 287 Å². The summed E-state index contributed by atoms with van der Waals surface area (Å²) in [5.74, 6) is 1.41. The van der Waals surface area contributed by atoms with Crippen molar-refractivity contribution in [1.82, 2.24) is 92.6 Å². The van der Waals surface area contributed by atoms with Gasteiger partial charge in [0.05, 0.1) is 54.1 Å². The molecule has 8 N–H and O–H groups in total. The minimum atomic E-state index is -4.26. The van der Waals surface area contributed by atoms with Gasteiger partial charge in [0, 0.05) is 124 Å². The molecule has 750 valence electrons. The topological polar surface area (TPSA) is 489 Å². The molecule has 4 aromatic carbocycles. The Bertz CT molecular complexity index is 7420. The van der Waals surface area contributed by atoms with Crippen LogP contribution in [0.1, 0.15) is 143 Å². The van der Waals surface area contributed by atoms with E-state index in [0.29, 0.717) is 64.6 Å². The number of likely N-dealkylation sites (tertiary alicyclic amines) is 1. The van der Waals surface area contributed by atoms with Crippen LogP contribution in [0.5, 0.6) is 17.6 Å². The van der Waals surface area contributed by atoms with Crippen molar-refractivity contribution in [3.8, 4) is 68.2 Å². The minimum absolute atomic E-state index is 0.115. The van der Waals surface area contributed by atoms with Crippen LogP contribution in [0.3, 0.4) is 0 Å². The number of anilines is 4. The molecule has 12 aromatic rings. The molecule has 0 radical (unpaired) electrons. The lowest BCUT2D eigenvalue weighted by Crippen LogP contribution is -2.38. The lowest BCUT2D eigenvalue weighted by molar-refractivity contribution is 0.220. The number of nitrogens with zero attached hydrogens (tertiary/aromatic N) is 17. The molecule has 1 saturated heterocycles. The van der Waals surface area contributed by atoms with Crippen LogP contribution in [0.15, 0.2) is 191 Å². The Kier molecular flexibility index (Phi) is 30.7. The summed E-state index contributed by atoms with van der Waals surface area (Å²) in [5.41, 5.74) is 15.2. The molecule has 143 heavy (non-hydrogen) atoms. The van der Waals surface area contributed by atoms with Gasteiger partial charge in [0.1, 0.15) is 17.9 Å². The summed E-state index contributed by atoms with van der Waals surface area (Å²) >= 11 is 0. The SMILES string of the molecule is CN(C)CC(C)(C)n1ccc(S(=O)(=O)NC(=O)Nc2c(-c3ccnc(C#N)c3)ccc3c2CCC3)n1.CN(C)CC(C)(C)n1ccc(S(=O)(=O)NC(=O)Nc2c(-c3ccnc(OC4CC4)c3)ccc3c2CCC3)n1.COc1cc(-c2ccc3c(c2NC(=O)NS(=O)(=O)c2ccn(C4CCN(C)C4)n2)CCC3)ccn1.[C-]#[N+]C(C)(C)n1ccc(S(=O)(=O)NC(=O)Nc2c(-c3ccnc(OC)c3)ccc3c2CCC3)n1. The largest absolute Gasteiger partial charge is 0.481 e. The number of fused-ring (bicyclic) bond motifs is 4. The van der Waals surface area contributed by atoms with Gasteiger partial charge in [-0.1, -0.05) is 48.5 Å². The molecule has 0 spiro atoms. The molecule has 6 aliphatic rings. The molecular weight excluding hydrogens is 1910 g/mol. The number of likely N-dealkylation sites (N-methyl/N-ethyl adjacent to an activating group) is 3. The molecule has 40 nitrogen and oxygen atoms in total. The average molecular weight is 2020 g/mol. The third-order valence-electron chi connectivity index (χ3n) is 25.1. The number of ether oxygens (including phenoxy) is 3. The lowest BCUT2D eigenvalue weighted by atomic mass is 9.97. The first-order valence-corrected chi connectivity index (χ1v) is 52.5. The number of aryl methyl sites for hydroxylation is 4. The molecule has 18 rings (SSSR count). The summed E-state index contributed by atoms with van der Waals surface area (Å²) in [6.45, 7) is 21.3. The van der Waals surface area contributed by atoms with E-state index in [9.17, 15) is 58.1 Å². The van der Waals surface area contributed by atoms with Gasteiger partial charge in [0.2, 0.25) is 17.6 Å². The molecule has 1 unspecified atom stereocenters. The standard InChI is InChI=1S/C27H34N6O4S.C25H29N7O3S.C24H28N6O4S.C23H24N6O4S/c1-27(2,17-32(3)4)33-15-13-24(30-33)38(35,36)31-26(34)29-25-21-7-5-6-18(21)8-11-22(25)19-12-14-28-23(16-19)37-20-9-10-20;1-25(2,16-31(3)4)32-13-11-22(29-32)36(34,35)30-24(33)28-23-20-7-5-6-17(20)8-9-21(23)18-10-12-27-19(14-18)15-26;1-29-12-9-18(15-29)30-13-10-22(27-30)35(32,33)28-24(31)26-23-19-5-3-4-16(19)6-7-20(23)17-8-11-25-21(14-17)34-2;1-23(2,24-3)29-13-11-20(27-29)34(31,32)28-22(30)26-21-17-7-5-6-15(17)8-9-18(21)16-10-12-25-19(14-16)33-4/h8,11-16,20H,5-7,9-10,17H2,1-4H3,(H2,29,31,34);8-14H,5-7,16H2,1-4H3,(H2,28,30,33);6-8,10-11,13-14,18H,3-5,9,12,15H2,1-2H3,(H2,26,28,31);8-14H,5-7H2,1-2,4H3,(H2,26,28,30). The predicted molar refractivity (Wildman–Crippen MR) is 537 cm³/mol. The van der Waals surface area contributed by atoms with Gasteiger partial charge in [-0.15, -0.1) is 0 Å². The monoisotopic (exact) mass is 2020 g/mol. The van der Waals surface area contributed by atoms with Crippen LogP contribution >= 0.6 is 0 Å². The summed E-state index contributed by atoms with van der Waals surface area (Å²) in [4.78, 5) is 78.0. The van der Waals surface area contributed by atoms with Crippen LogP contribution in [0.25, 0.3) is 49.4 Å². The fourth-order valence-corrected chi connectivity index (χ4v) is 21.7. The number of nitrogens with one attached hydrogen (secondary N) is 8. The third-order valence-corrected chi connectivity index (χ3v) is 30.0. The van der Waals surface area contributed by atoms with Crippen molar-refractivity contribution in [3.05, 3.63) is 233 Å². The van der Waals surface area contributed by atoms with Crippen molar-refractivity contribution in [2.75, 3.05) is 96.9 Å². The first-order valence-electron chi connectivity index (χ1n) is 46.5. The van der Waals surface area contributed by atoms with E-state index in [2.05, 4.69) is 97.6 Å². The lowest BCUT2D eigenvalue weighted by Gasteiger charge is -2.28. The quantitative estimate of drug-likeness (QED) is 0.0211. The fourth-order valence-electron chi connectivity index (χ4n) is 18.4. The minimum Gasteiger partial charge on any atom is -0.481 e. The maximum atomic E-state index is 13.1. The van der Waals surface area contributed by atoms with Crippen molar-refractivity contribution < 1.29 is 67.1 Å². The van der Waals surface area contributed by atoms with E-state index < -0.39 is 81.0 Å². The average Bonchev–Trinajstić information content (AvgIpc) is 1.74. The van der Waals surface area contributed by atoms with Crippen molar-refractivity contribution in [2.45, 2.75) is 187 Å². The number of nitriles is 1. The van der Waals surface area contributed by atoms with Crippen molar-refractivity contribution in [2.24, 2.45) is 0 Å². The number of benzene rings is 4. The molecular formula is C99H115N25O15S4. The summed E-state index contributed by atoms with van der Waals surface area (Å²) in [5, 5.41) is 36.1. The zero-order chi connectivity index (χ0) is 102. The number of aromatic nitrogens is 12. The number of sulfonamides is 4. The number of methoxy groups -OCH3 is 2. The number of amides is 8. The summed E-state index contributed by atoms with van der Waals surface area (Å²) < 4.78 is 134. The van der Waals surface area contributed by atoms with Crippen LogP contribution in [-0.4, -0.2) is 213 Å². The van der Waals surface area contributed by atoms with Crippen LogP contribution in [-0.2, 0) is 108 Å². The highest BCUT2D eigenvalue weighted by atomic mass is 32.2. The Morgan fingerprint density at radius 2 is 0.769 bits per heavy atom. The molecule has 0 bridgehead atoms. The van der Waals surface area contributed by atoms with E-state index >= 15 is 0 Å². The van der Waals surface area contributed by atoms with Gasteiger partial charge in [0.25, 0.3) is 40.1 Å². The molecule has 8 aromatic heterocycles. The maximum absolute atomic E-state index is 13.1. The predicted octanol–water partition coefficient (Wildman–Crippen LogP) is 13.3. The van der Waals surface area contributed by atoms with E-state index in [0.717, 1.165) is 187 Å². The highest BCUT2D eigenvalue weighted by molar-refractivity contribution is 7.90. The van der Waals surface area contributed by atoms with Crippen molar-refractivity contribution in [3.63, 3.8) is 0 Å². The number of carbonyl (C=O) groups is 4. The molecule has 5 aliphatic carbocycles. The summed E-state index contributed by atoms with van der Waals surface area (Å²) in [6, 6.07) is 34.2. The number of hydrogen-bond donors (Lipinski definition) is 8. The van der Waals surface area contributed by atoms with Crippen LogP contribution < -0.4 is 54.4 Å². The van der Waals surface area contributed by atoms with Crippen molar-refractivity contribution in [1.29, 1.82) is 5.26 Å². The second-order valence-corrected chi connectivity index (χ2v) is 44.4. The molecule has 1 atom stereocenters. The first kappa shape index (κ1) is 103. The smallest absolute Gasteiger partial charge is 0.333 e. The zero-order valence-electron chi connectivity index (χ0n) is 81.6. The number of hydrogen-bond acceptors (Lipinski definition) is 27. The van der Waals surface area contributed by atoms with Crippen LogP contribution in [0.2, 0.25) is 0 Å². The van der Waals surface area contributed by atoms with E-state index in [1.807, 2.05) is 138 Å². The molecule has 9 heterocycles. The van der Waals surface area contributed by atoms with Gasteiger partial charge >= 0.3 is 29.8 Å². The molecule has 44 heteroatoms. The van der Waals surface area contributed by atoms with E-state index in [-0.39, 0.29) is 37.9 Å². The summed E-state index contributed by atoms with van der Waals surface area (Å²) in [7, 11) is -3.98. The second-order valence-electron chi connectivity index (χ2n) is 37.9. The third kappa shape index (κ3) is 24.4. The Labute approximate surface area is 831 Å². The Balaban J connectivity index is 0.000000144. The van der Waals surface area contributed by atoms with E-state index in [4.69, 9.17) is 20.8 Å². The van der Waals surface area contributed by atoms with Gasteiger partial charge in [-0.3, -0.25) is 18.9 Å². The molecule has 8 amide bonds. The molecule has 2 fully saturated rings. The van der Waals surface area contributed by atoms with Gasteiger partial charge < -0.3 is 50.2 Å². The highest BCUT2D eigenvalue weighted by Gasteiger charge is 2.36. The Hall–Kier alpha value is -14.5. The number of pyridine rings is 4. The Morgan fingerprint density at radius 3 is 1.10 bits per heavy atom. The normalized spacial score (nSPS) is 14.9. The maximum Gasteiger partial charge on any atom is 0.333 e.